The minimum atomic E-state index is -4.11. The van der Waals surface area contributed by atoms with E-state index in [2.05, 4.69) is 0 Å². The van der Waals surface area contributed by atoms with E-state index in [-0.39, 0.29) is 16.7 Å². The Labute approximate surface area is 150 Å². The van der Waals surface area contributed by atoms with Crippen LogP contribution in [-0.4, -0.2) is 37.9 Å². The normalized spacial score (nSPS) is 17.0. The molecule has 1 heterocycles. The summed E-state index contributed by atoms with van der Waals surface area (Å²) in [4.78, 5) is 13.7. The number of rotatable bonds is 6. The molecular weight excluding hydrogens is 360 g/mol. The number of ether oxygens (including phenoxy) is 2. The zero-order valence-corrected chi connectivity index (χ0v) is 14.6. The summed E-state index contributed by atoms with van der Waals surface area (Å²) in [7, 11) is -4.11. The molecule has 0 aromatic heterocycles. The van der Waals surface area contributed by atoms with Crippen molar-refractivity contribution in [3.63, 3.8) is 0 Å². The number of hydrazine groups is 1. The number of nitrogens with one attached hydrogen (secondary N) is 1. The molecule has 138 valence electrons. The molecule has 0 aliphatic carbocycles. The van der Waals surface area contributed by atoms with E-state index in [1.54, 1.807) is 12.1 Å². The molecule has 1 atom stereocenters. The summed E-state index contributed by atoms with van der Waals surface area (Å²) in [5, 5.41) is 9.74. The van der Waals surface area contributed by atoms with Crippen LogP contribution in [0.5, 0.6) is 11.5 Å². The van der Waals surface area contributed by atoms with E-state index in [0.29, 0.717) is 24.5 Å². The molecule has 1 unspecified atom stereocenters. The van der Waals surface area contributed by atoms with Gasteiger partial charge >= 0.3 is 0 Å². The molecule has 0 saturated carbocycles. The predicted octanol–water partition coefficient (Wildman–Crippen LogP) is 1.93. The van der Waals surface area contributed by atoms with E-state index in [1.165, 1.54) is 24.3 Å². The second-order valence-electron chi connectivity index (χ2n) is 5.69. The highest BCUT2D eigenvalue weighted by Gasteiger charge is 2.30. The van der Waals surface area contributed by atoms with Crippen LogP contribution in [0.1, 0.15) is 6.42 Å². The summed E-state index contributed by atoms with van der Waals surface area (Å²) in [5.41, 5.74) is 0. The summed E-state index contributed by atoms with van der Waals surface area (Å²) in [5.74, 6) is -0.248. The summed E-state index contributed by atoms with van der Waals surface area (Å²) in [6.07, 6.45) is 0.434. The molecule has 9 heteroatoms. The van der Waals surface area contributed by atoms with Crippen LogP contribution < -0.4 is 9.57 Å². The largest absolute Gasteiger partial charge is 0.457 e. The lowest BCUT2D eigenvalue weighted by atomic mass is 10.1. The molecule has 3 rings (SSSR count). The Bertz CT molecular complexity index is 849. The van der Waals surface area contributed by atoms with Crippen molar-refractivity contribution in [1.82, 2.24) is 10.0 Å². The standard InChI is InChI=1S/C17H18N2O6S/c20-17(13-10-11-24-12-13)19(21)18-26(22,23)16-8-6-15(7-9-16)25-14-4-2-1-3-5-14/h1-9,13,18,21H,10-12H2. The monoisotopic (exact) mass is 378 g/mol. The van der Waals surface area contributed by atoms with Gasteiger partial charge in [-0.05, 0) is 42.8 Å². The average molecular weight is 378 g/mol. The first kappa shape index (κ1) is 18.3. The molecule has 1 saturated heterocycles. The number of hydrogen-bond donors (Lipinski definition) is 2. The lowest BCUT2D eigenvalue weighted by Gasteiger charge is -2.18. The highest BCUT2D eigenvalue weighted by Crippen LogP contribution is 2.22. The van der Waals surface area contributed by atoms with Crippen LogP contribution in [0.3, 0.4) is 0 Å². The molecular formula is C17H18N2O6S. The molecule has 8 nitrogen and oxygen atoms in total. The minimum absolute atomic E-state index is 0.00304. The van der Waals surface area contributed by atoms with Gasteiger partial charge in [-0.2, -0.15) is 0 Å². The number of carbonyl (C=O) groups excluding carboxylic acids is 1. The van der Waals surface area contributed by atoms with Crippen molar-refractivity contribution in [2.45, 2.75) is 11.3 Å². The molecule has 2 aromatic rings. The van der Waals surface area contributed by atoms with E-state index >= 15 is 0 Å². The number of nitrogens with zero attached hydrogens (tertiary/aromatic N) is 1. The van der Waals surface area contributed by atoms with Gasteiger partial charge in [-0.25, -0.2) is 8.42 Å². The molecule has 0 spiro atoms. The molecule has 2 N–H and O–H groups in total. The highest BCUT2D eigenvalue weighted by atomic mass is 32.2. The van der Waals surface area contributed by atoms with Crippen LogP contribution in [0.2, 0.25) is 0 Å². The predicted molar refractivity (Wildman–Crippen MR) is 90.8 cm³/mol. The van der Waals surface area contributed by atoms with Crippen molar-refractivity contribution < 1.29 is 27.9 Å². The van der Waals surface area contributed by atoms with Crippen molar-refractivity contribution >= 4 is 15.9 Å². The SMILES string of the molecule is O=C(C1CCOC1)N(O)NS(=O)(=O)c1ccc(Oc2ccccc2)cc1. The molecule has 1 amide bonds. The van der Waals surface area contributed by atoms with Gasteiger partial charge in [-0.15, -0.1) is 5.17 Å². The van der Waals surface area contributed by atoms with Gasteiger partial charge in [-0.1, -0.05) is 23.0 Å². The van der Waals surface area contributed by atoms with Gasteiger partial charge in [-0.3, -0.25) is 10.0 Å². The number of amides is 1. The van der Waals surface area contributed by atoms with Crippen molar-refractivity contribution in [2.75, 3.05) is 13.2 Å². The van der Waals surface area contributed by atoms with E-state index in [4.69, 9.17) is 9.47 Å². The molecule has 2 aromatic carbocycles. The van der Waals surface area contributed by atoms with Gasteiger partial charge < -0.3 is 9.47 Å². The third-order valence-corrected chi connectivity index (χ3v) is 5.11. The summed E-state index contributed by atoms with van der Waals surface area (Å²) >= 11 is 0. The first-order valence-electron chi connectivity index (χ1n) is 7.92. The van der Waals surface area contributed by atoms with Gasteiger partial charge in [0.25, 0.3) is 15.9 Å². The van der Waals surface area contributed by atoms with Crippen LogP contribution in [-0.2, 0) is 19.6 Å². The number of para-hydroxylation sites is 1. The number of hydrogen-bond acceptors (Lipinski definition) is 6. The van der Waals surface area contributed by atoms with Crippen molar-refractivity contribution in [2.24, 2.45) is 5.92 Å². The first-order chi connectivity index (χ1) is 12.5. The molecule has 0 radical (unpaired) electrons. The Morgan fingerprint density at radius 2 is 1.77 bits per heavy atom. The molecule has 1 fully saturated rings. The zero-order valence-electron chi connectivity index (χ0n) is 13.7. The smallest absolute Gasteiger partial charge is 0.267 e. The van der Waals surface area contributed by atoms with Crippen LogP contribution in [0, 0.1) is 5.92 Å². The second kappa shape index (κ2) is 7.83. The number of hydroxylamine groups is 1. The Morgan fingerprint density at radius 3 is 2.38 bits per heavy atom. The first-order valence-corrected chi connectivity index (χ1v) is 9.40. The number of carbonyl (C=O) groups is 1. The van der Waals surface area contributed by atoms with Crippen molar-refractivity contribution in [3.05, 3.63) is 54.6 Å². The van der Waals surface area contributed by atoms with Gasteiger partial charge in [0, 0.05) is 6.61 Å². The van der Waals surface area contributed by atoms with Crippen LogP contribution in [0.25, 0.3) is 0 Å². The fourth-order valence-corrected chi connectivity index (χ4v) is 3.34. The maximum atomic E-state index is 12.3. The lowest BCUT2D eigenvalue weighted by Crippen LogP contribution is -2.46. The van der Waals surface area contributed by atoms with Gasteiger partial charge in [0.05, 0.1) is 17.4 Å². The summed E-state index contributed by atoms with van der Waals surface area (Å²) < 4.78 is 35.2. The third kappa shape index (κ3) is 4.38. The topological polar surface area (TPSA) is 105 Å². The van der Waals surface area contributed by atoms with E-state index in [0.717, 1.165) is 0 Å². The number of benzene rings is 2. The molecule has 1 aliphatic rings. The molecule has 1 aliphatic heterocycles. The van der Waals surface area contributed by atoms with Gasteiger partial charge in [0.1, 0.15) is 11.5 Å². The van der Waals surface area contributed by atoms with E-state index in [9.17, 15) is 18.4 Å². The Morgan fingerprint density at radius 1 is 1.12 bits per heavy atom. The minimum Gasteiger partial charge on any atom is -0.457 e. The maximum absolute atomic E-state index is 12.3. The van der Waals surface area contributed by atoms with Crippen molar-refractivity contribution in [1.29, 1.82) is 0 Å². The van der Waals surface area contributed by atoms with Crippen LogP contribution >= 0.6 is 0 Å². The number of sulfonamides is 1. The molecule has 26 heavy (non-hydrogen) atoms. The average Bonchev–Trinajstić information content (AvgIpc) is 3.16. The quantitative estimate of drug-likeness (QED) is 0.588. The third-order valence-electron chi connectivity index (χ3n) is 3.81. The molecule has 0 bridgehead atoms. The highest BCUT2D eigenvalue weighted by molar-refractivity contribution is 7.89. The Hall–Kier alpha value is -2.46. The van der Waals surface area contributed by atoms with Crippen molar-refractivity contribution in [3.8, 4) is 11.5 Å². The fraction of sp³-hybridized carbons (Fsp3) is 0.235. The maximum Gasteiger partial charge on any atom is 0.267 e. The lowest BCUT2D eigenvalue weighted by molar-refractivity contribution is -0.177. The van der Waals surface area contributed by atoms with E-state index < -0.39 is 21.8 Å². The Kier molecular flexibility index (Phi) is 5.52. The van der Waals surface area contributed by atoms with E-state index in [1.807, 2.05) is 23.0 Å². The Balaban J connectivity index is 1.66. The van der Waals surface area contributed by atoms with Gasteiger partial charge in [0.2, 0.25) is 0 Å². The van der Waals surface area contributed by atoms with Crippen LogP contribution in [0.4, 0.5) is 0 Å². The van der Waals surface area contributed by atoms with Crippen LogP contribution in [0.15, 0.2) is 59.5 Å². The zero-order chi connectivity index (χ0) is 18.6. The fourth-order valence-electron chi connectivity index (χ4n) is 2.43. The summed E-state index contributed by atoms with van der Waals surface area (Å²) in [6, 6.07) is 14.6. The summed E-state index contributed by atoms with van der Waals surface area (Å²) in [6.45, 7) is 0.559. The second-order valence-corrected chi connectivity index (χ2v) is 7.35. The van der Waals surface area contributed by atoms with Gasteiger partial charge in [0.15, 0.2) is 0 Å².